The predicted octanol–water partition coefficient (Wildman–Crippen LogP) is 4.02. The fourth-order valence-corrected chi connectivity index (χ4v) is 7.70. The molecule has 2 heterocycles. The van der Waals surface area contributed by atoms with Gasteiger partial charge in [0.15, 0.2) is 0 Å². The number of aliphatic hydroxyl groups excluding tert-OH is 1. The van der Waals surface area contributed by atoms with E-state index in [-0.39, 0.29) is 75.4 Å². The van der Waals surface area contributed by atoms with E-state index < -0.39 is 77.0 Å². The third-order valence-electron chi connectivity index (χ3n) is 10.3. The van der Waals surface area contributed by atoms with Crippen molar-refractivity contribution >= 4 is 34.1 Å². The third kappa shape index (κ3) is 15.1. The summed E-state index contributed by atoms with van der Waals surface area (Å²) < 4.78 is 99.0. The molecule has 0 radical (unpaired) electrons. The van der Waals surface area contributed by atoms with Crippen molar-refractivity contribution in [1.82, 2.24) is 9.80 Å². The number of benzene rings is 2. The number of hydrogen-bond donors (Lipinski definition) is 2. The molecule has 2 N–H and O–H groups in total. The first kappa shape index (κ1) is 55.0. The van der Waals surface area contributed by atoms with E-state index in [9.17, 15) is 55.1 Å². The zero-order valence-electron chi connectivity index (χ0n) is 35.1. The normalized spacial score (nSPS) is 24.6. The van der Waals surface area contributed by atoms with Crippen LogP contribution in [0, 0.1) is 35.1 Å². The summed E-state index contributed by atoms with van der Waals surface area (Å²) in [4.78, 5) is 39.3. The van der Waals surface area contributed by atoms with Gasteiger partial charge in [0, 0.05) is 49.3 Å². The number of carboxylic acid groups (broad SMARTS) is 1. The Morgan fingerprint density at radius 3 is 1.38 bits per heavy atom. The number of amides is 2. The SMILES string of the molecule is CC(C)(C)OC(=O)N1C[C@@]2(c3cc(F)cc(F)c3)C[C@H]2CC1C(=O)O.CC(C)(C)OC(=O)N1C[C@@]2(c3cc(F)cc(F)c3)C[C@H]2CC1CO.CCOCC.FB(F)F.[BH4-].[Na+]. The van der Waals surface area contributed by atoms with E-state index in [1.807, 2.05) is 13.8 Å². The molecule has 20 heteroatoms. The molecule has 0 spiro atoms. The number of piperidine rings is 2. The second-order valence-electron chi connectivity index (χ2n) is 16.8. The predicted molar refractivity (Wildman–Crippen MR) is 212 cm³/mol. The van der Waals surface area contributed by atoms with Crippen molar-refractivity contribution in [2.24, 2.45) is 11.8 Å². The Morgan fingerprint density at radius 2 is 1.07 bits per heavy atom. The molecule has 2 amide bonds. The molecule has 6 atom stereocenters. The van der Waals surface area contributed by atoms with Crippen LogP contribution in [0.25, 0.3) is 0 Å². The Bertz CT molecular complexity index is 1710. The zero-order chi connectivity index (χ0) is 44.0. The van der Waals surface area contributed by atoms with Gasteiger partial charge < -0.3 is 29.3 Å². The Labute approximate surface area is 371 Å². The van der Waals surface area contributed by atoms with Crippen LogP contribution in [-0.4, -0.2) is 110 Å². The Balaban J connectivity index is 0.000000486. The Hall–Kier alpha value is -2.99. The van der Waals surface area contributed by atoms with Crippen LogP contribution in [-0.2, 0) is 29.8 Å². The van der Waals surface area contributed by atoms with Crippen LogP contribution in [0.4, 0.5) is 40.1 Å². The molecule has 2 aromatic rings. The summed E-state index contributed by atoms with van der Waals surface area (Å²) >= 11 is 0. The van der Waals surface area contributed by atoms with Crippen molar-refractivity contribution in [3.63, 3.8) is 0 Å². The van der Waals surface area contributed by atoms with Gasteiger partial charge >= 0.3 is 55.3 Å². The molecular weight excluding hydrogens is 814 g/mol. The van der Waals surface area contributed by atoms with Crippen molar-refractivity contribution in [2.45, 2.75) is 115 Å². The number of fused-ring (bicyclic) bond motifs is 2. The third-order valence-corrected chi connectivity index (χ3v) is 10.3. The van der Waals surface area contributed by atoms with Crippen LogP contribution in [0.1, 0.15) is 92.2 Å². The number of ether oxygens (including phenoxy) is 3. The van der Waals surface area contributed by atoms with E-state index >= 15 is 0 Å². The maximum Gasteiger partial charge on any atom is 1.00 e. The maximum atomic E-state index is 13.6. The average molecular weight is 873 g/mol. The number of carbonyl (C=O) groups is 3. The number of carbonyl (C=O) groups excluding carboxylic acids is 2. The van der Waals surface area contributed by atoms with Crippen LogP contribution >= 0.6 is 0 Å². The number of nitrogens with zero attached hydrogens (tertiary/aromatic N) is 2. The van der Waals surface area contributed by atoms with E-state index in [2.05, 4.69) is 0 Å². The fraction of sp³-hybridized carbons (Fsp3) is 0.625. The van der Waals surface area contributed by atoms with E-state index in [1.54, 1.807) is 41.5 Å². The molecule has 2 saturated heterocycles. The molecule has 6 rings (SSSR count). The van der Waals surface area contributed by atoms with Crippen molar-refractivity contribution in [3.05, 3.63) is 70.8 Å². The standard InChI is InChI=1S/C18H21F2NO4.C18H23F2NO3.C4H10O.BF3.BH4.Na/c1-17(2,3)25-16(24)21-9-18(8-11(18)6-14(21)15(22)23)10-4-12(19)7-13(20)5-10;1-17(2,3)24-16(23)21-10-18(8-12(18)6-15(21)9-22)11-4-13(19)7-14(20)5-11;1-3-5-4-2;2-1(3)4;;/h4-5,7,11,14H,6,8-9H2,1-3H3,(H,22,23);4-5,7,12,15,22H,6,8-10H2,1-3H3;3-4H2,1-2H3;;1H4;/q;;;;-1;+1/t11-,14?,18-;12-,15?,18-;;;;/m11..../s1. The van der Waals surface area contributed by atoms with Gasteiger partial charge in [0.2, 0.25) is 0 Å². The number of aliphatic hydroxyl groups is 1. The molecule has 2 aliphatic carbocycles. The van der Waals surface area contributed by atoms with E-state index in [4.69, 9.17) is 14.2 Å². The largest absolute Gasteiger partial charge is 1.00 e. The summed E-state index contributed by atoms with van der Waals surface area (Å²) in [5.74, 6) is -3.49. The zero-order valence-corrected chi connectivity index (χ0v) is 37.1. The molecular formula is C40H58B2F7N2NaO8. The molecule has 0 aromatic heterocycles. The van der Waals surface area contributed by atoms with Crippen molar-refractivity contribution in [3.8, 4) is 0 Å². The minimum atomic E-state index is -3.67. The number of hydrogen-bond acceptors (Lipinski definition) is 7. The Morgan fingerprint density at radius 1 is 0.717 bits per heavy atom. The number of likely N-dealkylation sites (tertiary alicyclic amines) is 2. The Kier molecular flexibility index (Phi) is 20.5. The number of aliphatic carboxylic acids is 1. The monoisotopic (exact) mass is 872 g/mol. The second-order valence-corrected chi connectivity index (χ2v) is 16.8. The van der Waals surface area contributed by atoms with Gasteiger partial charge in [-0.25, -0.2) is 31.9 Å². The number of carboxylic acids is 1. The first-order valence-corrected chi connectivity index (χ1v) is 19.1. The van der Waals surface area contributed by atoms with Gasteiger partial charge in [-0.3, -0.25) is 17.8 Å². The van der Waals surface area contributed by atoms with E-state index in [0.29, 0.717) is 30.5 Å². The molecule has 2 unspecified atom stereocenters. The summed E-state index contributed by atoms with van der Waals surface area (Å²) in [5.41, 5.74) is -1.41. The van der Waals surface area contributed by atoms with Gasteiger partial charge in [-0.2, -0.15) is 0 Å². The van der Waals surface area contributed by atoms with Crippen LogP contribution in [0.2, 0.25) is 0 Å². The van der Waals surface area contributed by atoms with Gasteiger partial charge in [-0.1, -0.05) is 8.41 Å². The molecule has 2 aromatic carbocycles. The summed E-state index contributed by atoms with van der Waals surface area (Å²) in [6.45, 7) is 16.3. The van der Waals surface area contributed by atoms with E-state index in [0.717, 1.165) is 31.8 Å². The molecule has 10 nitrogen and oxygen atoms in total. The number of halogens is 7. The smallest absolute Gasteiger partial charge is 0.480 e. The first-order valence-electron chi connectivity index (χ1n) is 19.1. The summed E-state index contributed by atoms with van der Waals surface area (Å²) in [7, 11) is -3.67. The molecule has 60 heavy (non-hydrogen) atoms. The fourth-order valence-electron chi connectivity index (χ4n) is 7.70. The van der Waals surface area contributed by atoms with Crippen LogP contribution in [0.5, 0.6) is 0 Å². The van der Waals surface area contributed by atoms with Gasteiger partial charge in [-0.05, 0) is 128 Å². The van der Waals surface area contributed by atoms with Crippen molar-refractivity contribution in [1.29, 1.82) is 0 Å². The molecule has 2 aliphatic heterocycles. The van der Waals surface area contributed by atoms with Gasteiger partial charge in [-0.15, -0.1) is 0 Å². The topological polar surface area (TPSA) is 126 Å². The van der Waals surface area contributed by atoms with Gasteiger partial charge in [0.25, 0.3) is 0 Å². The van der Waals surface area contributed by atoms with Crippen LogP contribution < -0.4 is 29.6 Å². The van der Waals surface area contributed by atoms with Crippen molar-refractivity contribution < 1.29 is 98.9 Å². The van der Waals surface area contributed by atoms with Gasteiger partial charge in [0.1, 0.15) is 40.5 Å². The first-order chi connectivity index (χ1) is 26.8. The number of rotatable bonds is 6. The van der Waals surface area contributed by atoms with Crippen LogP contribution in [0.3, 0.4) is 0 Å². The molecule has 0 bridgehead atoms. The quantitative estimate of drug-likeness (QED) is 0.330. The molecule has 4 aliphatic rings. The summed E-state index contributed by atoms with van der Waals surface area (Å²) in [6, 6.07) is 5.54. The van der Waals surface area contributed by atoms with Crippen LogP contribution in [0.15, 0.2) is 36.4 Å². The maximum absolute atomic E-state index is 13.6. The van der Waals surface area contributed by atoms with Gasteiger partial charge in [0.05, 0.1) is 12.6 Å². The minimum absolute atomic E-state index is 0. The summed E-state index contributed by atoms with van der Waals surface area (Å²) in [5, 5.41) is 19.1. The second kappa shape index (κ2) is 22.4. The summed E-state index contributed by atoms with van der Waals surface area (Å²) in [6.07, 6.45) is 0.982. The minimum Gasteiger partial charge on any atom is -0.480 e. The van der Waals surface area contributed by atoms with E-state index in [1.165, 1.54) is 34.1 Å². The molecule has 2 saturated carbocycles. The molecule has 4 fully saturated rings. The average Bonchev–Trinajstić information content (AvgIpc) is 3.99. The van der Waals surface area contributed by atoms with Crippen molar-refractivity contribution in [2.75, 3.05) is 32.9 Å². The molecule has 332 valence electrons.